The van der Waals surface area contributed by atoms with Crippen molar-refractivity contribution in [1.82, 2.24) is 19.7 Å². The molecule has 2 aromatic heterocycles. The zero-order chi connectivity index (χ0) is 18.0. The summed E-state index contributed by atoms with van der Waals surface area (Å²) in [6, 6.07) is 10.1. The van der Waals surface area contributed by atoms with Crippen molar-refractivity contribution in [3.63, 3.8) is 0 Å². The Kier molecular flexibility index (Phi) is 5.15. The van der Waals surface area contributed by atoms with Gasteiger partial charge in [0.15, 0.2) is 10.6 Å². The summed E-state index contributed by atoms with van der Waals surface area (Å²) in [6.45, 7) is 4.86. The van der Waals surface area contributed by atoms with Crippen molar-refractivity contribution in [2.24, 2.45) is 0 Å². The van der Waals surface area contributed by atoms with Crippen LogP contribution in [0.1, 0.15) is 16.0 Å². The zero-order valence-electron chi connectivity index (χ0n) is 14.4. The number of carbonyl (C=O) groups excluding carboxylic acids is 1. The van der Waals surface area contributed by atoms with E-state index in [0.29, 0.717) is 17.1 Å². The van der Waals surface area contributed by atoms with Crippen LogP contribution in [0.4, 0.5) is 0 Å². The number of carbonyl (C=O) groups is 1. The van der Waals surface area contributed by atoms with E-state index in [4.69, 9.17) is 12.2 Å². The fourth-order valence-corrected chi connectivity index (χ4v) is 3.75. The summed E-state index contributed by atoms with van der Waals surface area (Å²) in [5, 5.41) is 9.15. The number of aromatic amines is 1. The van der Waals surface area contributed by atoms with Gasteiger partial charge in [0.2, 0.25) is 5.91 Å². The van der Waals surface area contributed by atoms with Crippen LogP contribution >= 0.6 is 23.6 Å². The van der Waals surface area contributed by atoms with Gasteiger partial charge in [0, 0.05) is 17.5 Å². The molecule has 0 radical (unpaired) electrons. The second kappa shape index (κ2) is 7.33. The minimum atomic E-state index is -0.000738. The number of hydrogen-bond donors (Lipinski definition) is 1. The number of nitrogens with one attached hydrogen (secondary N) is 1. The molecule has 1 amide bonds. The maximum absolute atomic E-state index is 12.7. The number of likely N-dealkylation sites (N-methyl/N-ethyl adjacent to an activating group) is 1. The van der Waals surface area contributed by atoms with Crippen LogP contribution in [0.15, 0.2) is 35.7 Å². The lowest BCUT2D eigenvalue weighted by molar-refractivity contribution is -0.131. The van der Waals surface area contributed by atoms with Gasteiger partial charge < -0.3 is 4.90 Å². The standard InChI is InChI=1S/C18H20N4OS2/c1-12-5-4-6-14(9-12)17-19-20-18(24)22(17)11-16(23)21(3)10-15-13(2)7-8-25-15/h4-9H,10-11H2,1-3H3,(H,20,24). The zero-order valence-corrected chi connectivity index (χ0v) is 16.1. The molecule has 1 N–H and O–H groups in total. The summed E-state index contributed by atoms with van der Waals surface area (Å²) in [7, 11) is 1.82. The first kappa shape index (κ1) is 17.6. The van der Waals surface area contributed by atoms with Crippen LogP contribution in [-0.4, -0.2) is 32.6 Å². The van der Waals surface area contributed by atoms with Gasteiger partial charge in [-0.1, -0.05) is 23.8 Å². The number of benzene rings is 1. The number of rotatable bonds is 5. The maximum atomic E-state index is 12.7. The topological polar surface area (TPSA) is 53.9 Å². The molecule has 0 fully saturated rings. The number of H-pyrrole nitrogens is 1. The number of hydrogen-bond acceptors (Lipinski definition) is 4. The Morgan fingerprint density at radius 3 is 2.84 bits per heavy atom. The Morgan fingerprint density at radius 1 is 1.36 bits per heavy atom. The summed E-state index contributed by atoms with van der Waals surface area (Å²) in [5.74, 6) is 0.682. The lowest BCUT2D eigenvalue weighted by Gasteiger charge is -2.18. The molecule has 1 aromatic carbocycles. The van der Waals surface area contributed by atoms with E-state index in [1.165, 1.54) is 10.4 Å². The van der Waals surface area contributed by atoms with E-state index in [2.05, 4.69) is 23.2 Å². The molecule has 3 rings (SSSR count). The average molecular weight is 373 g/mol. The fourth-order valence-electron chi connectivity index (χ4n) is 2.59. The van der Waals surface area contributed by atoms with Crippen molar-refractivity contribution < 1.29 is 4.79 Å². The Bertz CT molecular complexity index is 954. The second-order valence-electron chi connectivity index (χ2n) is 6.08. The summed E-state index contributed by atoms with van der Waals surface area (Å²) in [6.07, 6.45) is 0. The number of thiophene rings is 1. The van der Waals surface area contributed by atoms with Crippen molar-refractivity contribution >= 4 is 29.5 Å². The third-order valence-electron chi connectivity index (χ3n) is 4.10. The molecule has 130 valence electrons. The minimum absolute atomic E-state index is 0.000738. The Hall–Kier alpha value is -2.25. The van der Waals surface area contributed by atoms with Crippen molar-refractivity contribution in [1.29, 1.82) is 0 Å². The molecular formula is C18H20N4OS2. The van der Waals surface area contributed by atoms with Crippen LogP contribution in [0.3, 0.4) is 0 Å². The molecule has 2 heterocycles. The molecule has 5 nitrogen and oxygen atoms in total. The largest absolute Gasteiger partial charge is 0.339 e. The SMILES string of the molecule is Cc1cccc(-c2n[nH]c(=S)n2CC(=O)N(C)Cc2sccc2C)c1. The molecular weight excluding hydrogens is 352 g/mol. The van der Waals surface area contributed by atoms with Gasteiger partial charge in [-0.3, -0.25) is 14.5 Å². The van der Waals surface area contributed by atoms with Gasteiger partial charge in [-0.2, -0.15) is 5.10 Å². The van der Waals surface area contributed by atoms with Crippen molar-refractivity contribution in [3.8, 4) is 11.4 Å². The van der Waals surface area contributed by atoms with E-state index in [1.54, 1.807) is 20.8 Å². The van der Waals surface area contributed by atoms with E-state index in [0.717, 1.165) is 11.1 Å². The van der Waals surface area contributed by atoms with E-state index in [1.807, 2.05) is 43.6 Å². The summed E-state index contributed by atoms with van der Waals surface area (Å²) < 4.78 is 2.20. The lowest BCUT2D eigenvalue weighted by Crippen LogP contribution is -2.30. The number of aryl methyl sites for hydroxylation is 2. The average Bonchev–Trinajstić information content (AvgIpc) is 3.14. The van der Waals surface area contributed by atoms with E-state index in [9.17, 15) is 4.79 Å². The first-order valence-electron chi connectivity index (χ1n) is 7.95. The molecule has 25 heavy (non-hydrogen) atoms. The molecule has 0 aliphatic rings. The van der Waals surface area contributed by atoms with Gasteiger partial charge in [0.1, 0.15) is 6.54 Å². The molecule has 3 aromatic rings. The Labute approximate surface area is 155 Å². The third kappa shape index (κ3) is 3.88. The molecule has 7 heteroatoms. The fraction of sp³-hybridized carbons (Fsp3) is 0.278. The first-order chi connectivity index (χ1) is 12.0. The molecule has 0 unspecified atom stereocenters. The molecule has 0 saturated carbocycles. The predicted octanol–water partition coefficient (Wildman–Crippen LogP) is 3.94. The Balaban J connectivity index is 1.81. The predicted molar refractivity (Wildman–Crippen MR) is 103 cm³/mol. The molecule has 0 aliphatic carbocycles. The van der Waals surface area contributed by atoms with Gasteiger partial charge in [0.25, 0.3) is 0 Å². The van der Waals surface area contributed by atoms with Gasteiger partial charge in [-0.15, -0.1) is 11.3 Å². The molecule has 0 spiro atoms. The van der Waals surface area contributed by atoms with Gasteiger partial charge in [-0.25, -0.2) is 0 Å². The van der Waals surface area contributed by atoms with Crippen LogP contribution in [0.2, 0.25) is 0 Å². The van der Waals surface area contributed by atoms with Crippen LogP contribution in [0.5, 0.6) is 0 Å². The highest BCUT2D eigenvalue weighted by Gasteiger charge is 2.16. The third-order valence-corrected chi connectivity index (χ3v) is 5.42. The Morgan fingerprint density at radius 2 is 2.16 bits per heavy atom. The highest BCUT2D eigenvalue weighted by Crippen LogP contribution is 2.20. The first-order valence-corrected chi connectivity index (χ1v) is 9.23. The maximum Gasteiger partial charge on any atom is 0.242 e. The van der Waals surface area contributed by atoms with Crippen molar-refractivity contribution in [2.45, 2.75) is 26.9 Å². The van der Waals surface area contributed by atoms with E-state index in [-0.39, 0.29) is 12.5 Å². The van der Waals surface area contributed by atoms with Crippen LogP contribution in [0, 0.1) is 18.6 Å². The van der Waals surface area contributed by atoms with Crippen LogP contribution in [0.25, 0.3) is 11.4 Å². The van der Waals surface area contributed by atoms with Gasteiger partial charge >= 0.3 is 0 Å². The van der Waals surface area contributed by atoms with Crippen molar-refractivity contribution in [3.05, 3.63) is 56.5 Å². The van der Waals surface area contributed by atoms with E-state index < -0.39 is 0 Å². The molecule has 0 atom stereocenters. The normalized spacial score (nSPS) is 10.8. The summed E-state index contributed by atoms with van der Waals surface area (Å²) in [4.78, 5) is 15.6. The molecule has 0 aliphatic heterocycles. The summed E-state index contributed by atoms with van der Waals surface area (Å²) in [5.41, 5.74) is 3.29. The minimum Gasteiger partial charge on any atom is -0.339 e. The molecule has 0 saturated heterocycles. The number of amides is 1. The van der Waals surface area contributed by atoms with Gasteiger partial charge in [-0.05, 0) is 49.1 Å². The van der Waals surface area contributed by atoms with Crippen molar-refractivity contribution in [2.75, 3.05) is 7.05 Å². The van der Waals surface area contributed by atoms with Gasteiger partial charge in [0.05, 0.1) is 6.54 Å². The monoisotopic (exact) mass is 372 g/mol. The quantitative estimate of drug-likeness (QED) is 0.690. The lowest BCUT2D eigenvalue weighted by atomic mass is 10.1. The highest BCUT2D eigenvalue weighted by molar-refractivity contribution is 7.71. The van der Waals surface area contributed by atoms with Crippen LogP contribution in [-0.2, 0) is 17.9 Å². The van der Waals surface area contributed by atoms with Crippen LogP contribution < -0.4 is 0 Å². The number of nitrogens with zero attached hydrogens (tertiary/aromatic N) is 3. The molecule has 0 bridgehead atoms. The second-order valence-corrected chi connectivity index (χ2v) is 7.47. The van der Waals surface area contributed by atoms with E-state index >= 15 is 0 Å². The smallest absolute Gasteiger partial charge is 0.242 e. The summed E-state index contributed by atoms with van der Waals surface area (Å²) >= 11 is 6.99. The number of aromatic nitrogens is 3. The highest BCUT2D eigenvalue weighted by atomic mass is 32.1.